The molecule has 0 N–H and O–H groups in total. The second-order valence-corrected chi connectivity index (χ2v) is 14.3. The van der Waals surface area contributed by atoms with E-state index in [2.05, 4.69) is 113 Å². The molecule has 11 rings (SSSR count). The number of benzene rings is 7. The van der Waals surface area contributed by atoms with Crippen LogP contribution in [0.2, 0.25) is 0 Å². The summed E-state index contributed by atoms with van der Waals surface area (Å²) in [5, 5.41) is 6.66. The summed E-state index contributed by atoms with van der Waals surface area (Å²) in [6.07, 6.45) is 8.87. The van der Waals surface area contributed by atoms with Gasteiger partial charge in [-0.25, -0.2) is 24.9 Å². The van der Waals surface area contributed by atoms with Crippen LogP contribution in [0.15, 0.2) is 189 Å². The number of rotatable bonds is 6. The molecule has 7 heteroatoms. The van der Waals surface area contributed by atoms with Gasteiger partial charge in [-0.3, -0.25) is 9.97 Å². The predicted octanol–water partition coefficient (Wildman–Crippen LogP) is 12.1. The van der Waals surface area contributed by atoms with Crippen molar-refractivity contribution < 1.29 is 0 Å². The highest BCUT2D eigenvalue weighted by Gasteiger charge is 2.19. The van der Waals surface area contributed by atoms with Crippen LogP contribution in [0.4, 0.5) is 0 Å². The summed E-state index contributed by atoms with van der Waals surface area (Å²) >= 11 is 0. The van der Waals surface area contributed by atoms with Gasteiger partial charge in [-0.1, -0.05) is 115 Å². The molecule has 0 radical (unpaired) electrons. The Morgan fingerprint density at radius 2 is 0.759 bits per heavy atom. The largest absolute Gasteiger partial charge is 0.256 e. The third-order valence-electron chi connectivity index (χ3n) is 10.7. The molecule has 0 atom stereocenters. The molecular formula is C51H31N7. The highest BCUT2D eigenvalue weighted by Crippen LogP contribution is 2.43. The number of pyridine rings is 2. The van der Waals surface area contributed by atoms with Crippen LogP contribution in [0.1, 0.15) is 0 Å². The van der Waals surface area contributed by atoms with Gasteiger partial charge in [0.2, 0.25) is 0 Å². The first-order valence-electron chi connectivity index (χ1n) is 19.1. The Labute approximate surface area is 333 Å². The summed E-state index contributed by atoms with van der Waals surface area (Å²) in [6.45, 7) is 0. The van der Waals surface area contributed by atoms with Gasteiger partial charge in [0, 0.05) is 57.8 Å². The SMILES string of the molecule is c1ccc(-c2nc(-c3ccc(-c4cncnc4)cc3)nc(-c3cc(-c4c5ccccc5cc5ncccc45)cc(-c4c5ccccc5cc5ncccc45)c3)n2)cc1. The molecule has 7 aromatic carbocycles. The molecule has 0 spiro atoms. The molecule has 0 saturated heterocycles. The quantitative estimate of drug-likeness (QED) is 0.157. The van der Waals surface area contributed by atoms with Crippen molar-refractivity contribution in [2.24, 2.45) is 0 Å². The fourth-order valence-electron chi connectivity index (χ4n) is 8.05. The normalized spacial score (nSPS) is 11.4. The minimum atomic E-state index is 0.567. The first-order chi connectivity index (χ1) is 28.7. The fourth-order valence-corrected chi connectivity index (χ4v) is 8.05. The Hall–Kier alpha value is -8.03. The van der Waals surface area contributed by atoms with Gasteiger partial charge >= 0.3 is 0 Å². The van der Waals surface area contributed by atoms with Gasteiger partial charge in [-0.2, -0.15) is 0 Å². The van der Waals surface area contributed by atoms with Crippen molar-refractivity contribution in [3.63, 3.8) is 0 Å². The molecular weight excluding hydrogens is 711 g/mol. The maximum absolute atomic E-state index is 5.25. The van der Waals surface area contributed by atoms with Crippen molar-refractivity contribution in [1.29, 1.82) is 0 Å². The lowest BCUT2D eigenvalue weighted by Crippen LogP contribution is -2.01. The topological polar surface area (TPSA) is 90.2 Å². The minimum Gasteiger partial charge on any atom is -0.256 e. The molecule has 0 amide bonds. The Kier molecular flexibility index (Phi) is 8.00. The van der Waals surface area contributed by atoms with Gasteiger partial charge in [0.1, 0.15) is 6.33 Å². The molecule has 11 aromatic rings. The standard InChI is InChI=1S/C51H31N7/c1-2-10-33(11-3-1)49-56-50(34-20-18-32(19-21-34)40-29-52-31-53-30-40)58-51(57-49)39-25-37(47-41-14-6-4-12-35(41)27-45-43(47)16-8-22-54-45)24-38(26-39)48-42-15-7-5-13-36(42)28-46-44(48)17-9-23-55-46/h1-31H. The highest BCUT2D eigenvalue weighted by molar-refractivity contribution is 6.15. The van der Waals surface area contributed by atoms with E-state index in [0.717, 1.165) is 93.4 Å². The van der Waals surface area contributed by atoms with Gasteiger partial charge in [0.05, 0.1) is 11.0 Å². The molecule has 0 unspecified atom stereocenters. The summed E-state index contributed by atoms with van der Waals surface area (Å²) < 4.78 is 0. The Bertz CT molecular complexity index is 3090. The maximum Gasteiger partial charge on any atom is 0.164 e. The number of hydrogen-bond acceptors (Lipinski definition) is 7. The zero-order valence-corrected chi connectivity index (χ0v) is 31.0. The molecule has 7 nitrogen and oxygen atoms in total. The van der Waals surface area contributed by atoms with Crippen molar-refractivity contribution in [2.75, 3.05) is 0 Å². The Morgan fingerprint density at radius 3 is 1.33 bits per heavy atom. The van der Waals surface area contributed by atoms with E-state index >= 15 is 0 Å². The third kappa shape index (κ3) is 5.90. The predicted molar refractivity (Wildman–Crippen MR) is 234 cm³/mol. The van der Waals surface area contributed by atoms with Gasteiger partial charge in [0.15, 0.2) is 17.5 Å². The van der Waals surface area contributed by atoms with E-state index in [1.807, 2.05) is 79.4 Å². The summed E-state index contributed by atoms with van der Waals surface area (Å²) in [6, 6.07) is 54.8. The van der Waals surface area contributed by atoms with Gasteiger partial charge in [0.25, 0.3) is 0 Å². The van der Waals surface area contributed by atoms with E-state index in [4.69, 9.17) is 24.9 Å². The number of aromatic nitrogens is 7. The van der Waals surface area contributed by atoms with Crippen molar-refractivity contribution in [3.05, 3.63) is 189 Å². The number of hydrogen-bond donors (Lipinski definition) is 0. The molecule has 4 heterocycles. The zero-order chi connectivity index (χ0) is 38.4. The lowest BCUT2D eigenvalue weighted by atomic mass is 9.88. The van der Waals surface area contributed by atoms with Crippen LogP contribution in [0.25, 0.3) is 111 Å². The Morgan fingerprint density at radius 1 is 0.310 bits per heavy atom. The fraction of sp³-hybridized carbons (Fsp3) is 0. The van der Waals surface area contributed by atoms with E-state index < -0.39 is 0 Å². The molecule has 0 saturated carbocycles. The average Bonchev–Trinajstić information content (AvgIpc) is 3.30. The molecule has 270 valence electrons. The lowest BCUT2D eigenvalue weighted by molar-refractivity contribution is 1.07. The molecule has 0 fully saturated rings. The summed E-state index contributed by atoms with van der Waals surface area (Å²) in [7, 11) is 0. The van der Waals surface area contributed by atoms with E-state index in [0.29, 0.717) is 17.5 Å². The van der Waals surface area contributed by atoms with E-state index in [-0.39, 0.29) is 0 Å². The van der Waals surface area contributed by atoms with Crippen LogP contribution in [0.3, 0.4) is 0 Å². The monoisotopic (exact) mass is 741 g/mol. The van der Waals surface area contributed by atoms with Crippen LogP contribution in [0, 0.1) is 0 Å². The molecule has 58 heavy (non-hydrogen) atoms. The van der Waals surface area contributed by atoms with Gasteiger partial charge in [-0.05, 0) is 91.8 Å². The molecule has 0 aliphatic rings. The molecule has 0 aliphatic heterocycles. The van der Waals surface area contributed by atoms with Crippen LogP contribution < -0.4 is 0 Å². The molecule has 0 aliphatic carbocycles. The van der Waals surface area contributed by atoms with Crippen LogP contribution >= 0.6 is 0 Å². The van der Waals surface area contributed by atoms with Crippen molar-refractivity contribution in [1.82, 2.24) is 34.9 Å². The summed E-state index contributed by atoms with van der Waals surface area (Å²) in [4.78, 5) is 33.6. The average molecular weight is 742 g/mol. The van der Waals surface area contributed by atoms with Crippen LogP contribution in [-0.4, -0.2) is 34.9 Å². The highest BCUT2D eigenvalue weighted by atomic mass is 15.0. The summed E-state index contributed by atoms with van der Waals surface area (Å²) in [5.41, 5.74) is 10.7. The third-order valence-corrected chi connectivity index (χ3v) is 10.7. The second kappa shape index (κ2) is 13.9. The summed E-state index contributed by atoms with van der Waals surface area (Å²) in [5.74, 6) is 1.73. The Balaban J connectivity index is 1.21. The minimum absolute atomic E-state index is 0.567. The first-order valence-corrected chi connectivity index (χ1v) is 19.1. The van der Waals surface area contributed by atoms with Crippen LogP contribution in [0.5, 0.6) is 0 Å². The van der Waals surface area contributed by atoms with Gasteiger partial charge < -0.3 is 0 Å². The first kappa shape index (κ1) is 33.3. The van der Waals surface area contributed by atoms with Gasteiger partial charge in [-0.15, -0.1) is 0 Å². The van der Waals surface area contributed by atoms with E-state index in [1.165, 1.54) is 6.33 Å². The van der Waals surface area contributed by atoms with E-state index in [1.54, 1.807) is 0 Å². The zero-order valence-electron chi connectivity index (χ0n) is 31.0. The van der Waals surface area contributed by atoms with Crippen molar-refractivity contribution >= 4 is 43.4 Å². The molecule has 0 bridgehead atoms. The van der Waals surface area contributed by atoms with Crippen molar-refractivity contribution in [2.45, 2.75) is 0 Å². The van der Waals surface area contributed by atoms with Crippen LogP contribution in [-0.2, 0) is 0 Å². The molecule has 4 aromatic heterocycles. The van der Waals surface area contributed by atoms with Crippen molar-refractivity contribution in [3.8, 4) is 67.5 Å². The number of fused-ring (bicyclic) bond motifs is 4. The lowest BCUT2D eigenvalue weighted by Gasteiger charge is -2.17. The smallest absolute Gasteiger partial charge is 0.164 e. The van der Waals surface area contributed by atoms with E-state index in [9.17, 15) is 0 Å². The number of nitrogens with zero attached hydrogens (tertiary/aromatic N) is 7. The second-order valence-electron chi connectivity index (χ2n) is 14.3. The maximum atomic E-state index is 5.25.